The molecule has 2 N–H and O–H groups in total. The zero-order valence-corrected chi connectivity index (χ0v) is 9.12. The average molecular weight is 206 g/mol. The van der Waals surface area contributed by atoms with Crippen molar-refractivity contribution in [3.63, 3.8) is 0 Å². The molecular weight excluding hydrogens is 188 g/mol. The molecule has 82 valence electrons. The van der Waals surface area contributed by atoms with Crippen LogP contribution in [0.1, 0.15) is 32.6 Å². The molecule has 0 spiro atoms. The number of amides is 1. The molecule has 4 unspecified atom stereocenters. The van der Waals surface area contributed by atoms with E-state index in [-0.39, 0.29) is 17.9 Å². The maximum absolute atomic E-state index is 11.9. The lowest BCUT2D eigenvalue weighted by Crippen LogP contribution is -2.41. The first-order valence-electron chi connectivity index (χ1n) is 5.70. The molecular formula is C12H18N2O. The molecule has 0 aromatic heterocycles. The van der Waals surface area contributed by atoms with Crippen molar-refractivity contribution in [3.8, 4) is 12.3 Å². The molecule has 1 amide bonds. The van der Waals surface area contributed by atoms with Crippen molar-refractivity contribution in [2.75, 3.05) is 0 Å². The van der Waals surface area contributed by atoms with Crippen LogP contribution in [0, 0.1) is 18.3 Å². The van der Waals surface area contributed by atoms with Gasteiger partial charge in [-0.3, -0.25) is 4.79 Å². The summed E-state index contributed by atoms with van der Waals surface area (Å²) in [6, 6.07) is 1.09. The van der Waals surface area contributed by atoms with Gasteiger partial charge in [0, 0.05) is 24.5 Å². The predicted octanol–water partition coefficient (Wildman–Crippen LogP) is 0.655. The average Bonchev–Trinajstić information content (AvgIpc) is 2.78. The smallest absolute Gasteiger partial charge is 0.224 e. The minimum Gasteiger partial charge on any atom is -0.352 e. The van der Waals surface area contributed by atoms with Gasteiger partial charge in [-0.05, 0) is 26.2 Å². The largest absolute Gasteiger partial charge is 0.352 e. The van der Waals surface area contributed by atoms with E-state index in [1.807, 2.05) is 6.92 Å². The summed E-state index contributed by atoms with van der Waals surface area (Å²) in [5, 5.41) is 6.45. The Balaban J connectivity index is 1.84. The standard InChI is InChI=1S/C12H18N2O/c1-3-4-8(2)13-12(15)10-7-9-5-6-11(10)14-9/h1,8-11,14H,4-7H2,2H3,(H,13,15). The highest BCUT2D eigenvalue weighted by atomic mass is 16.2. The molecule has 3 nitrogen and oxygen atoms in total. The SMILES string of the molecule is C#CCC(C)NC(=O)C1CC2CCC1N2. The molecule has 2 saturated heterocycles. The van der Waals surface area contributed by atoms with E-state index >= 15 is 0 Å². The van der Waals surface area contributed by atoms with Crippen LogP contribution in [0.3, 0.4) is 0 Å². The molecule has 0 radical (unpaired) electrons. The zero-order valence-electron chi connectivity index (χ0n) is 9.12. The van der Waals surface area contributed by atoms with Crippen LogP contribution in [0.5, 0.6) is 0 Å². The highest BCUT2D eigenvalue weighted by Crippen LogP contribution is 2.33. The van der Waals surface area contributed by atoms with E-state index in [2.05, 4.69) is 16.6 Å². The second-order valence-corrected chi connectivity index (χ2v) is 4.71. The van der Waals surface area contributed by atoms with Crippen LogP contribution >= 0.6 is 0 Å². The number of hydrogen-bond acceptors (Lipinski definition) is 2. The van der Waals surface area contributed by atoms with E-state index in [4.69, 9.17) is 6.42 Å². The van der Waals surface area contributed by atoms with Crippen LogP contribution < -0.4 is 10.6 Å². The summed E-state index contributed by atoms with van der Waals surface area (Å²) in [6.07, 6.45) is 9.19. The fourth-order valence-corrected chi connectivity index (χ4v) is 2.69. The highest BCUT2D eigenvalue weighted by Gasteiger charge is 2.42. The molecule has 2 aliphatic heterocycles. The summed E-state index contributed by atoms with van der Waals surface area (Å²) < 4.78 is 0. The van der Waals surface area contributed by atoms with Crippen LogP contribution in [-0.2, 0) is 4.79 Å². The number of rotatable bonds is 3. The Morgan fingerprint density at radius 1 is 1.67 bits per heavy atom. The van der Waals surface area contributed by atoms with Gasteiger partial charge in [0.2, 0.25) is 5.91 Å². The summed E-state index contributed by atoms with van der Waals surface area (Å²) >= 11 is 0. The third kappa shape index (κ3) is 2.15. The van der Waals surface area contributed by atoms with Crippen molar-refractivity contribution in [3.05, 3.63) is 0 Å². The maximum Gasteiger partial charge on any atom is 0.224 e. The van der Waals surface area contributed by atoms with Gasteiger partial charge < -0.3 is 10.6 Å². The van der Waals surface area contributed by atoms with Crippen LogP contribution in [-0.4, -0.2) is 24.0 Å². The summed E-state index contributed by atoms with van der Waals surface area (Å²) in [5.41, 5.74) is 0. The molecule has 4 atom stereocenters. The Kier molecular flexibility index (Phi) is 2.97. The van der Waals surface area contributed by atoms with Crippen molar-refractivity contribution in [2.24, 2.45) is 5.92 Å². The van der Waals surface area contributed by atoms with E-state index in [1.54, 1.807) is 0 Å². The molecule has 2 fully saturated rings. The third-order valence-electron chi connectivity index (χ3n) is 3.45. The minimum atomic E-state index is 0.0987. The zero-order chi connectivity index (χ0) is 10.8. The van der Waals surface area contributed by atoms with Crippen LogP contribution in [0.4, 0.5) is 0 Å². The van der Waals surface area contributed by atoms with Crippen LogP contribution in [0.2, 0.25) is 0 Å². The van der Waals surface area contributed by atoms with E-state index in [9.17, 15) is 4.79 Å². The second-order valence-electron chi connectivity index (χ2n) is 4.71. The molecule has 2 bridgehead atoms. The van der Waals surface area contributed by atoms with Crippen LogP contribution in [0.25, 0.3) is 0 Å². The molecule has 0 aromatic rings. The van der Waals surface area contributed by atoms with Gasteiger partial charge in [-0.2, -0.15) is 0 Å². The van der Waals surface area contributed by atoms with Gasteiger partial charge in [-0.15, -0.1) is 12.3 Å². The van der Waals surface area contributed by atoms with Crippen LogP contribution in [0.15, 0.2) is 0 Å². The van der Waals surface area contributed by atoms with Gasteiger partial charge in [0.15, 0.2) is 0 Å². The van der Waals surface area contributed by atoms with Crippen molar-refractivity contribution in [2.45, 2.75) is 50.7 Å². The summed E-state index contributed by atoms with van der Waals surface area (Å²) in [4.78, 5) is 11.9. The monoisotopic (exact) mass is 206 g/mol. The van der Waals surface area contributed by atoms with Gasteiger partial charge in [0.1, 0.15) is 0 Å². The quantitative estimate of drug-likeness (QED) is 0.666. The summed E-state index contributed by atoms with van der Waals surface area (Å²) in [6.45, 7) is 1.96. The van der Waals surface area contributed by atoms with Crippen molar-refractivity contribution in [1.29, 1.82) is 0 Å². The molecule has 0 aliphatic carbocycles. The fraction of sp³-hybridized carbons (Fsp3) is 0.750. The van der Waals surface area contributed by atoms with Gasteiger partial charge in [-0.25, -0.2) is 0 Å². The number of nitrogens with one attached hydrogen (secondary N) is 2. The summed E-state index contributed by atoms with van der Waals surface area (Å²) in [5.74, 6) is 2.92. The number of hydrogen-bond donors (Lipinski definition) is 2. The highest BCUT2D eigenvalue weighted by molar-refractivity contribution is 5.80. The van der Waals surface area contributed by atoms with E-state index in [0.29, 0.717) is 18.5 Å². The maximum atomic E-state index is 11.9. The lowest BCUT2D eigenvalue weighted by molar-refractivity contribution is -0.126. The summed E-state index contributed by atoms with van der Waals surface area (Å²) in [7, 11) is 0. The Bertz CT molecular complexity index is 294. The molecule has 3 heteroatoms. The third-order valence-corrected chi connectivity index (χ3v) is 3.45. The number of terminal acetylenes is 1. The first kappa shape index (κ1) is 10.5. The van der Waals surface area contributed by atoms with E-state index in [0.717, 1.165) is 12.8 Å². The first-order valence-corrected chi connectivity index (χ1v) is 5.70. The van der Waals surface area contributed by atoms with Crippen molar-refractivity contribution < 1.29 is 4.79 Å². The van der Waals surface area contributed by atoms with Crippen molar-refractivity contribution in [1.82, 2.24) is 10.6 Å². The molecule has 2 rings (SSSR count). The number of fused-ring (bicyclic) bond motifs is 2. The van der Waals surface area contributed by atoms with Gasteiger partial charge in [0.25, 0.3) is 0 Å². The Morgan fingerprint density at radius 2 is 2.47 bits per heavy atom. The molecule has 2 heterocycles. The Morgan fingerprint density at radius 3 is 3.00 bits per heavy atom. The van der Waals surface area contributed by atoms with Crippen molar-refractivity contribution >= 4 is 5.91 Å². The van der Waals surface area contributed by atoms with E-state index in [1.165, 1.54) is 6.42 Å². The van der Waals surface area contributed by atoms with Gasteiger partial charge >= 0.3 is 0 Å². The normalized spacial score (nSPS) is 34.8. The minimum absolute atomic E-state index is 0.0987. The molecule has 0 saturated carbocycles. The molecule has 15 heavy (non-hydrogen) atoms. The lowest BCUT2D eigenvalue weighted by atomic mass is 9.88. The van der Waals surface area contributed by atoms with Gasteiger partial charge in [-0.1, -0.05) is 0 Å². The topological polar surface area (TPSA) is 41.1 Å². The number of carbonyl (C=O) groups is 1. The Hall–Kier alpha value is -1.01. The predicted molar refractivity (Wildman–Crippen MR) is 59.1 cm³/mol. The first-order chi connectivity index (χ1) is 7.20. The number of carbonyl (C=O) groups excluding carboxylic acids is 1. The fourth-order valence-electron chi connectivity index (χ4n) is 2.69. The Labute approximate surface area is 91.0 Å². The molecule has 0 aromatic carbocycles. The second kappa shape index (κ2) is 4.24. The lowest BCUT2D eigenvalue weighted by Gasteiger charge is -2.21. The molecule has 2 aliphatic rings. The van der Waals surface area contributed by atoms with Gasteiger partial charge in [0.05, 0.1) is 5.92 Å². The van der Waals surface area contributed by atoms with E-state index < -0.39 is 0 Å².